The molecule has 0 heterocycles. The second-order valence-electron chi connectivity index (χ2n) is 6.55. The molecule has 0 amide bonds. The molecule has 0 aromatic rings. The van der Waals surface area contributed by atoms with Crippen LogP contribution in [0.25, 0.3) is 0 Å². The average molecular weight is 192 g/mol. The molecule has 3 fully saturated rings. The van der Waals surface area contributed by atoms with E-state index in [9.17, 15) is 4.79 Å². The van der Waals surface area contributed by atoms with Gasteiger partial charge in [-0.05, 0) is 36.0 Å². The predicted octanol–water partition coefficient (Wildman–Crippen LogP) is 3.18. The Labute approximate surface area is 86.3 Å². The van der Waals surface area contributed by atoms with E-state index in [1.54, 1.807) is 0 Å². The number of carbonyl (C=O) groups is 1. The Morgan fingerprint density at radius 2 is 1.93 bits per heavy atom. The maximum absolute atomic E-state index is 12.2. The Hall–Kier alpha value is -0.330. The lowest BCUT2D eigenvalue weighted by Gasteiger charge is -2.51. The number of carbonyl (C=O) groups excluding carboxylic acids is 1. The fourth-order valence-electron chi connectivity index (χ4n) is 4.67. The van der Waals surface area contributed by atoms with Crippen molar-refractivity contribution in [2.45, 2.75) is 52.9 Å². The molecule has 0 radical (unpaired) electrons. The van der Waals surface area contributed by atoms with E-state index in [0.717, 1.165) is 12.3 Å². The van der Waals surface area contributed by atoms with E-state index in [0.29, 0.717) is 11.2 Å². The molecule has 0 aliphatic heterocycles. The van der Waals surface area contributed by atoms with Crippen LogP contribution in [0.5, 0.6) is 0 Å². The lowest BCUT2D eigenvalue weighted by Crippen LogP contribution is -2.49. The maximum Gasteiger partial charge on any atom is 0.140 e. The molecule has 0 unspecified atom stereocenters. The molecule has 0 N–H and O–H groups in total. The third-order valence-electron chi connectivity index (χ3n) is 6.00. The van der Waals surface area contributed by atoms with Crippen molar-refractivity contribution in [3.05, 3.63) is 0 Å². The molecule has 14 heavy (non-hydrogen) atoms. The van der Waals surface area contributed by atoms with Gasteiger partial charge in [-0.3, -0.25) is 4.79 Å². The summed E-state index contributed by atoms with van der Waals surface area (Å²) >= 11 is 0. The Morgan fingerprint density at radius 3 is 2.57 bits per heavy atom. The largest absolute Gasteiger partial charge is 0.299 e. The summed E-state index contributed by atoms with van der Waals surface area (Å²) in [4.78, 5) is 12.2. The van der Waals surface area contributed by atoms with E-state index in [1.165, 1.54) is 25.7 Å². The van der Waals surface area contributed by atoms with Crippen molar-refractivity contribution in [1.29, 1.82) is 0 Å². The molecular formula is C13H20O. The molecule has 1 heteroatoms. The van der Waals surface area contributed by atoms with Crippen LogP contribution in [-0.2, 0) is 4.79 Å². The Kier molecular flexibility index (Phi) is 1.34. The molecule has 3 aliphatic rings. The molecule has 1 spiro atoms. The summed E-state index contributed by atoms with van der Waals surface area (Å²) in [7, 11) is 0. The summed E-state index contributed by atoms with van der Waals surface area (Å²) in [6, 6.07) is 0. The molecule has 1 nitrogen and oxygen atoms in total. The summed E-state index contributed by atoms with van der Waals surface area (Å²) in [5.74, 6) is 1.33. The topological polar surface area (TPSA) is 17.1 Å². The minimum atomic E-state index is 0.0168. The second-order valence-corrected chi connectivity index (χ2v) is 6.55. The maximum atomic E-state index is 12.2. The van der Waals surface area contributed by atoms with Crippen molar-refractivity contribution >= 4 is 5.78 Å². The summed E-state index contributed by atoms with van der Waals surface area (Å²) in [6.45, 7) is 6.89. The van der Waals surface area contributed by atoms with E-state index in [4.69, 9.17) is 0 Å². The number of Topliss-reactive ketones (excluding diaryl/α,β-unsaturated/α-hetero) is 1. The van der Waals surface area contributed by atoms with Gasteiger partial charge in [0.25, 0.3) is 0 Å². The van der Waals surface area contributed by atoms with Gasteiger partial charge >= 0.3 is 0 Å². The van der Waals surface area contributed by atoms with Gasteiger partial charge in [0.15, 0.2) is 0 Å². The predicted molar refractivity (Wildman–Crippen MR) is 55.9 cm³/mol. The van der Waals surface area contributed by atoms with Crippen molar-refractivity contribution in [2.24, 2.45) is 22.2 Å². The van der Waals surface area contributed by atoms with Crippen LogP contribution in [0, 0.1) is 22.2 Å². The van der Waals surface area contributed by atoms with Crippen molar-refractivity contribution in [2.75, 3.05) is 0 Å². The summed E-state index contributed by atoms with van der Waals surface area (Å²) in [5.41, 5.74) is 0.711. The van der Waals surface area contributed by atoms with Crippen LogP contribution in [0.3, 0.4) is 0 Å². The highest BCUT2D eigenvalue weighted by molar-refractivity contribution is 5.91. The van der Waals surface area contributed by atoms with Gasteiger partial charge in [-0.1, -0.05) is 27.2 Å². The van der Waals surface area contributed by atoms with E-state index in [1.807, 2.05) is 0 Å². The number of ketones is 1. The van der Waals surface area contributed by atoms with Gasteiger partial charge in [0, 0.05) is 11.8 Å². The van der Waals surface area contributed by atoms with Crippen LogP contribution in [-0.4, -0.2) is 5.78 Å². The smallest absolute Gasteiger partial charge is 0.140 e. The standard InChI is InChI=1S/C13H20O/c1-11(2)5-4-6-13-8-9(13)7-10(14)12(11,13)3/h9H,4-8H2,1-3H3/t9-,12+,13+/m1/s1. The molecule has 0 saturated heterocycles. The first-order valence-corrected chi connectivity index (χ1v) is 5.97. The van der Waals surface area contributed by atoms with E-state index >= 15 is 0 Å². The zero-order valence-corrected chi connectivity index (χ0v) is 9.52. The van der Waals surface area contributed by atoms with Gasteiger partial charge in [-0.25, -0.2) is 0 Å². The monoisotopic (exact) mass is 192 g/mol. The molecule has 0 aromatic carbocycles. The average Bonchev–Trinajstić information content (AvgIpc) is 2.70. The van der Waals surface area contributed by atoms with Crippen molar-refractivity contribution in [3.63, 3.8) is 0 Å². The zero-order valence-electron chi connectivity index (χ0n) is 9.52. The summed E-state index contributed by atoms with van der Waals surface area (Å²) < 4.78 is 0. The fraction of sp³-hybridized carbons (Fsp3) is 0.923. The first kappa shape index (κ1) is 8.94. The van der Waals surface area contributed by atoms with Crippen molar-refractivity contribution in [3.8, 4) is 0 Å². The molecule has 3 saturated carbocycles. The highest BCUT2D eigenvalue weighted by Gasteiger charge is 2.76. The van der Waals surface area contributed by atoms with Crippen LogP contribution in [0.15, 0.2) is 0 Å². The SMILES string of the molecule is CC1(C)CCC[C@]23C[C@H]2CC(=O)[C@@]13C. The van der Waals surface area contributed by atoms with Crippen LogP contribution in [0.1, 0.15) is 52.9 Å². The van der Waals surface area contributed by atoms with Gasteiger partial charge < -0.3 is 0 Å². The van der Waals surface area contributed by atoms with Gasteiger partial charge in [-0.2, -0.15) is 0 Å². The minimum Gasteiger partial charge on any atom is -0.299 e. The molecule has 0 bridgehead atoms. The highest BCUT2D eigenvalue weighted by atomic mass is 16.1. The zero-order chi connectivity index (χ0) is 10.2. The van der Waals surface area contributed by atoms with Crippen LogP contribution in [0.4, 0.5) is 0 Å². The Morgan fingerprint density at radius 1 is 1.21 bits per heavy atom. The minimum absolute atomic E-state index is 0.0168. The summed E-state index contributed by atoms with van der Waals surface area (Å²) in [6.07, 6.45) is 6.14. The molecular weight excluding hydrogens is 172 g/mol. The van der Waals surface area contributed by atoms with Gasteiger partial charge in [-0.15, -0.1) is 0 Å². The second kappa shape index (κ2) is 2.10. The van der Waals surface area contributed by atoms with Crippen LogP contribution >= 0.6 is 0 Å². The van der Waals surface area contributed by atoms with Crippen molar-refractivity contribution < 1.29 is 4.79 Å². The van der Waals surface area contributed by atoms with E-state index in [2.05, 4.69) is 20.8 Å². The lowest BCUT2D eigenvalue weighted by molar-refractivity contribution is -0.140. The molecule has 3 atom stereocenters. The first-order valence-electron chi connectivity index (χ1n) is 5.97. The van der Waals surface area contributed by atoms with Crippen LogP contribution < -0.4 is 0 Å². The van der Waals surface area contributed by atoms with Gasteiger partial charge in [0.2, 0.25) is 0 Å². The normalized spacial score (nSPS) is 53.9. The first-order chi connectivity index (χ1) is 6.44. The Balaban J connectivity index is 2.13. The number of hydrogen-bond donors (Lipinski definition) is 0. The molecule has 3 aliphatic carbocycles. The van der Waals surface area contributed by atoms with Crippen LogP contribution in [0.2, 0.25) is 0 Å². The van der Waals surface area contributed by atoms with E-state index in [-0.39, 0.29) is 10.8 Å². The Bertz CT molecular complexity index is 317. The van der Waals surface area contributed by atoms with Crippen molar-refractivity contribution in [1.82, 2.24) is 0 Å². The van der Waals surface area contributed by atoms with Gasteiger partial charge in [0.1, 0.15) is 5.78 Å². The molecule has 78 valence electrons. The highest BCUT2D eigenvalue weighted by Crippen LogP contribution is 2.79. The third-order valence-corrected chi connectivity index (χ3v) is 6.00. The quantitative estimate of drug-likeness (QED) is 0.576. The number of hydrogen-bond acceptors (Lipinski definition) is 1. The molecule has 0 aromatic heterocycles. The number of rotatable bonds is 0. The summed E-state index contributed by atoms with van der Waals surface area (Å²) in [5, 5.41) is 0. The third kappa shape index (κ3) is 0.666. The molecule has 3 rings (SSSR count). The van der Waals surface area contributed by atoms with Gasteiger partial charge in [0.05, 0.1) is 0 Å². The fourth-order valence-corrected chi connectivity index (χ4v) is 4.67. The van der Waals surface area contributed by atoms with E-state index < -0.39 is 0 Å². The lowest BCUT2D eigenvalue weighted by atomic mass is 9.52.